The van der Waals surface area contributed by atoms with Gasteiger partial charge in [-0.1, -0.05) is 29.9 Å². The highest BCUT2D eigenvalue weighted by atomic mass is 32.2. The molecule has 0 saturated carbocycles. The summed E-state index contributed by atoms with van der Waals surface area (Å²) in [5.41, 5.74) is 3.61. The molecule has 3 aliphatic rings. The zero-order valence-corrected chi connectivity index (χ0v) is 21.8. The number of benzene rings is 1. The molecule has 0 amide bonds. The molecule has 0 unspecified atom stereocenters. The summed E-state index contributed by atoms with van der Waals surface area (Å²) in [6.07, 6.45) is 9.64. The van der Waals surface area contributed by atoms with Crippen molar-refractivity contribution in [1.29, 1.82) is 0 Å². The van der Waals surface area contributed by atoms with Crippen LogP contribution in [0.15, 0.2) is 52.6 Å². The number of halogens is 1. The highest BCUT2D eigenvalue weighted by Gasteiger charge is 2.26. The molecule has 1 aliphatic carbocycles. The molecule has 0 bridgehead atoms. The third-order valence-electron chi connectivity index (χ3n) is 6.41. The SMILES string of the molecule is C/C=C/C1=CC(Nc2cc(N3CCN(S(C)(=O)=O)CC3)nc(Oc3ccc4c(c3F)C=C(C)C4)n2)=NC1. The van der Waals surface area contributed by atoms with Gasteiger partial charge in [0.05, 0.1) is 12.8 Å². The quantitative estimate of drug-likeness (QED) is 0.614. The minimum atomic E-state index is -3.27. The lowest BCUT2D eigenvalue weighted by atomic mass is 10.1. The van der Waals surface area contributed by atoms with Crippen molar-refractivity contribution in [2.45, 2.75) is 20.3 Å². The van der Waals surface area contributed by atoms with Crippen LogP contribution in [0.25, 0.3) is 6.08 Å². The molecule has 11 heteroatoms. The Balaban J connectivity index is 1.44. The van der Waals surface area contributed by atoms with E-state index in [0.717, 1.165) is 23.1 Å². The van der Waals surface area contributed by atoms with Crippen LogP contribution in [-0.4, -0.2) is 67.5 Å². The summed E-state index contributed by atoms with van der Waals surface area (Å²) < 4.78 is 46.4. The van der Waals surface area contributed by atoms with Crippen LogP contribution in [0.4, 0.5) is 16.0 Å². The predicted molar refractivity (Wildman–Crippen MR) is 143 cm³/mol. The van der Waals surface area contributed by atoms with Gasteiger partial charge in [0.15, 0.2) is 11.6 Å². The lowest BCUT2D eigenvalue weighted by Gasteiger charge is -2.34. The average Bonchev–Trinajstić information content (AvgIpc) is 3.46. The van der Waals surface area contributed by atoms with Crippen molar-refractivity contribution in [3.05, 3.63) is 64.5 Å². The van der Waals surface area contributed by atoms with Crippen LogP contribution in [0.2, 0.25) is 0 Å². The van der Waals surface area contributed by atoms with Gasteiger partial charge in [-0.3, -0.25) is 4.99 Å². The van der Waals surface area contributed by atoms with Gasteiger partial charge in [-0.15, -0.1) is 0 Å². The van der Waals surface area contributed by atoms with Crippen molar-refractivity contribution in [1.82, 2.24) is 14.3 Å². The molecule has 5 rings (SSSR count). The Morgan fingerprint density at radius 1 is 1.14 bits per heavy atom. The Labute approximate surface area is 216 Å². The number of nitrogens with zero attached hydrogens (tertiary/aromatic N) is 5. The van der Waals surface area contributed by atoms with Crippen molar-refractivity contribution in [2.75, 3.05) is 49.2 Å². The summed E-state index contributed by atoms with van der Waals surface area (Å²) in [6, 6.07) is 5.20. The minimum absolute atomic E-state index is 0.0145. The van der Waals surface area contributed by atoms with Gasteiger partial charge in [-0.25, -0.2) is 12.8 Å². The van der Waals surface area contributed by atoms with E-state index < -0.39 is 15.8 Å². The molecule has 2 aliphatic heterocycles. The zero-order valence-electron chi connectivity index (χ0n) is 21.0. The Hall–Kier alpha value is -3.57. The highest BCUT2D eigenvalue weighted by Crippen LogP contribution is 2.34. The summed E-state index contributed by atoms with van der Waals surface area (Å²) in [4.78, 5) is 15.5. The summed E-state index contributed by atoms with van der Waals surface area (Å²) in [6.45, 7) is 6.07. The maximum absolute atomic E-state index is 15.2. The number of ether oxygens (including phenoxy) is 1. The molecule has 2 aromatic rings. The molecule has 194 valence electrons. The van der Waals surface area contributed by atoms with Gasteiger partial charge < -0.3 is 15.0 Å². The van der Waals surface area contributed by atoms with Crippen molar-refractivity contribution in [2.24, 2.45) is 4.99 Å². The second-order valence-electron chi connectivity index (χ2n) is 9.31. The van der Waals surface area contributed by atoms with E-state index in [2.05, 4.69) is 20.3 Å². The number of aromatic nitrogens is 2. The van der Waals surface area contributed by atoms with Crippen LogP contribution >= 0.6 is 0 Å². The molecular formula is C26H29FN6O3S. The smallest absolute Gasteiger partial charge is 0.326 e. The van der Waals surface area contributed by atoms with Crippen molar-refractivity contribution in [3.63, 3.8) is 0 Å². The number of anilines is 2. The van der Waals surface area contributed by atoms with Crippen LogP contribution in [-0.2, 0) is 16.4 Å². The minimum Gasteiger partial charge on any atom is -0.421 e. The van der Waals surface area contributed by atoms with Gasteiger partial charge in [-0.05, 0) is 43.5 Å². The van der Waals surface area contributed by atoms with Crippen molar-refractivity contribution < 1.29 is 17.5 Å². The van der Waals surface area contributed by atoms with Crippen LogP contribution < -0.4 is 15.0 Å². The normalized spacial score (nSPS) is 18.1. The van der Waals surface area contributed by atoms with E-state index >= 15 is 4.39 Å². The fourth-order valence-corrected chi connectivity index (χ4v) is 5.42. The van der Waals surface area contributed by atoms with E-state index in [1.54, 1.807) is 12.1 Å². The molecule has 1 saturated heterocycles. The van der Waals surface area contributed by atoms with Crippen molar-refractivity contribution >= 4 is 33.6 Å². The number of sulfonamides is 1. The van der Waals surface area contributed by atoms with E-state index in [4.69, 9.17) is 4.74 Å². The van der Waals surface area contributed by atoms with E-state index in [1.165, 1.54) is 10.6 Å². The Morgan fingerprint density at radius 2 is 1.92 bits per heavy atom. The van der Waals surface area contributed by atoms with Crippen LogP contribution in [0.3, 0.4) is 0 Å². The molecule has 1 aromatic carbocycles. The predicted octanol–water partition coefficient (Wildman–Crippen LogP) is 3.78. The summed E-state index contributed by atoms with van der Waals surface area (Å²) in [5.74, 6) is 1.24. The highest BCUT2D eigenvalue weighted by molar-refractivity contribution is 7.88. The van der Waals surface area contributed by atoms with Gasteiger partial charge in [0.2, 0.25) is 10.0 Å². The van der Waals surface area contributed by atoms with E-state index in [0.29, 0.717) is 55.8 Å². The molecule has 0 atom stereocenters. The van der Waals surface area contributed by atoms with Crippen molar-refractivity contribution in [3.8, 4) is 11.8 Å². The average molecular weight is 525 g/mol. The lowest BCUT2D eigenvalue weighted by molar-refractivity contribution is 0.383. The number of amidine groups is 1. The molecule has 0 spiro atoms. The first-order valence-electron chi connectivity index (χ1n) is 12.1. The zero-order chi connectivity index (χ0) is 26.2. The fraction of sp³-hybridized carbons (Fsp3) is 0.346. The molecule has 9 nitrogen and oxygen atoms in total. The van der Waals surface area contributed by atoms with Gasteiger partial charge in [0, 0.05) is 37.8 Å². The molecule has 37 heavy (non-hydrogen) atoms. The van der Waals surface area contributed by atoms with Gasteiger partial charge in [0.1, 0.15) is 17.5 Å². The third-order valence-corrected chi connectivity index (χ3v) is 7.71. The Morgan fingerprint density at radius 3 is 2.65 bits per heavy atom. The number of allylic oxidation sites excluding steroid dienone is 2. The molecule has 3 heterocycles. The molecule has 1 fully saturated rings. The first-order valence-corrected chi connectivity index (χ1v) is 13.9. The number of fused-ring (bicyclic) bond motifs is 1. The topological polar surface area (TPSA) is 100 Å². The molecule has 1 N–H and O–H groups in total. The number of piperazine rings is 1. The van der Waals surface area contributed by atoms with E-state index in [-0.39, 0.29) is 11.8 Å². The largest absolute Gasteiger partial charge is 0.421 e. The van der Waals surface area contributed by atoms with Crippen LogP contribution in [0.5, 0.6) is 11.8 Å². The first kappa shape index (κ1) is 25.1. The van der Waals surface area contributed by atoms with Crippen LogP contribution in [0, 0.1) is 5.82 Å². The summed E-state index contributed by atoms with van der Waals surface area (Å²) in [7, 11) is -3.27. The first-order chi connectivity index (χ1) is 17.7. The van der Waals surface area contributed by atoms with Gasteiger partial charge in [0.25, 0.3) is 0 Å². The Bertz CT molecular complexity index is 1460. The number of aliphatic imine (C=N–C) groups is 1. The summed E-state index contributed by atoms with van der Waals surface area (Å²) >= 11 is 0. The monoisotopic (exact) mass is 524 g/mol. The fourth-order valence-electron chi connectivity index (χ4n) is 4.60. The molecular weight excluding hydrogens is 495 g/mol. The molecule has 1 aromatic heterocycles. The van der Waals surface area contributed by atoms with Crippen LogP contribution in [0.1, 0.15) is 25.0 Å². The van der Waals surface area contributed by atoms with E-state index in [1.807, 2.05) is 49.1 Å². The number of hydrogen-bond acceptors (Lipinski definition) is 8. The van der Waals surface area contributed by atoms with E-state index in [9.17, 15) is 8.42 Å². The number of rotatable bonds is 6. The lowest BCUT2D eigenvalue weighted by Crippen LogP contribution is -2.48. The standard InChI is InChI=1S/C26H29FN6O3S/c1-4-5-18-14-22(28-16-18)29-23-15-24(32-8-10-33(11-9-32)37(3,34)35)31-26(30-23)36-21-7-6-19-12-17(2)13-20(19)25(21)27/h4-7,13-15H,8-12,16H2,1-3H3,(H,28,29,30,31)/b5-4+. The third kappa shape index (κ3) is 5.57. The van der Waals surface area contributed by atoms with Gasteiger partial charge >= 0.3 is 6.01 Å². The second-order valence-corrected chi connectivity index (χ2v) is 11.3. The number of nitrogens with one attached hydrogen (secondary N) is 1. The molecule has 0 radical (unpaired) electrons. The van der Waals surface area contributed by atoms with Gasteiger partial charge in [-0.2, -0.15) is 14.3 Å². The second kappa shape index (κ2) is 10.1. The summed E-state index contributed by atoms with van der Waals surface area (Å²) in [5, 5.41) is 3.20. The number of hydrogen-bond donors (Lipinski definition) is 1. The maximum atomic E-state index is 15.2. The Kier molecular flexibility index (Phi) is 6.82. The maximum Gasteiger partial charge on any atom is 0.326 e.